The lowest BCUT2D eigenvalue weighted by Gasteiger charge is -2.29. The van der Waals surface area contributed by atoms with Gasteiger partial charge in [0.2, 0.25) is 0 Å². The van der Waals surface area contributed by atoms with Crippen LogP contribution in [0, 0.1) is 5.41 Å². The molecule has 1 N–H and O–H groups in total. The van der Waals surface area contributed by atoms with Crippen molar-refractivity contribution in [1.82, 2.24) is 20.3 Å². The van der Waals surface area contributed by atoms with Gasteiger partial charge >= 0.3 is 0 Å². The van der Waals surface area contributed by atoms with Gasteiger partial charge in [-0.2, -0.15) is 0 Å². The Bertz CT molecular complexity index is 350. The summed E-state index contributed by atoms with van der Waals surface area (Å²) in [7, 11) is 1.93. The highest BCUT2D eigenvalue weighted by atomic mass is 15.4. The van der Waals surface area contributed by atoms with Gasteiger partial charge in [-0.25, -0.2) is 0 Å². The van der Waals surface area contributed by atoms with Crippen molar-refractivity contribution in [3.63, 3.8) is 0 Å². The second-order valence-electron chi connectivity index (χ2n) is 5.80. The molecule has 4 nitrogen and oxygen atoms in total. The molecule has 1 fully saturated rings. The highest BCUT2D eigenvalue weighted by Crippen LogP contribution is 2.40. The van der Waals surface area contributed by atoms with Gasteiger partial charge in [-0.05, 0) is 24.7 Å². The molecule has 96 valence electrons. The third-order valence-corrected chi connectivity index (χ3v) is 3.76. The minimum atomic E-state index is 0.417. The van der Waals surface area contributed by atoms with E-state index >= 15 is 0 Å². The topological polar surface area (TPSA) is 42.7 Å². The van der Waals surface area contributed by atoms with E-state index in [1.807, 2.05) is 7.05 Å². The highest BCUT2D eigenvalue weighted by molar-refractivity contribution is 5.01. The zero-order chi connectivity index (χ0) is 12.3. The smallest absolute Gasteiger partial charge is 0.0833 e. The van der Waals surface area contributed by atoms with Crippen molar-refractivity contribution in [2.45, 2.75) is 52.0 Å². The molecule has 0 atom stereocenters. The summed E-state index contributed by atoms with van der Waals surface area (Å²) in [5, 5.41) is 11.9. The summed E-state index contributed by atoms with van der Waals surface area (Å²) < 4.78 is 1.80. The average molecular weight is 236 g/mol. The molecule has 2 rings (SSSR count). The summed E-state index contributed by atoms with van der Waals surface area (Å²) >= 11 is 0. The maximum absolute atomic E-state index is 4.24. The first-order valence-electron chi connectivity index (χ1n) is 6.68. The number of rotatable bonds is 5. The van der Waals surface area contributed by atoms with Crippen LogP contribution < -0.4 is 5.32 Å². The molecule has 0 amide bonds. The number of nitrogens with zero attached hydrogens (tertiary/aromatic N) is 3. The van der Waals surface area contributed by atoms with Crippen LogP contribution in [0.25, 0.3) is 0 Å². The summed E-state index contributed by atoms with van der Waals surface area (Å²) in [4.78, 5) is 0. The quantitative estimate of drug-likeness (QED) is 0.849. The molecule has 0 aromatic carbocycles. The van der Waals surface area contributed by atoms with Crippen molar-refractivity contribution in [3.8, 4) is 0 Å². The van der Waals surface area contributed by atoms with Crippen molar-refractivity contribution >= 4 is 0 Å². The molecule has 0 bridgehead atoms. The highest BCUT2D eigenvalue weighted by Gasteiger charge is 2.34. The molecule has 0 unspecified atom stereocenters. The largest absolute Gasteiger partial charge is 0.314 e. The minimum absolute atomic E-state index is 0.417. The number of nitrogens with one attached hydrogen (secondary N) is 1. The van der Waals surface area contributed by atoms with E-state index in [2.05, 4.69) is 35.7 Å². The Labute approximate surface area is 104 Å². The van der Waals surface area contributed by atoms with Crippen LogP contribution in [0.1, 0.15) is 45.2 Å². The van der Waals surface area contributed by atoms with Crippen molar-refractivity contribution < 1.29 is 0 Å². The van der Waals surface area contributed by atoms with Crippen molar-refractivity contribution in [1.29, 1.82) is 0 Å². The molecule has 1 saturated carbocycles. The lowest BCUT2D eigenvalue weighted by molar-refractivity contribution is 0.266. The first-order valence-corrected chi connectivity index (χ1v) is 6.68. The summed E-state index contributed by atoms with van der Waals surface area (Å²) in [6.07, 6.45) is 8.49. The normalized spacial score (nSPS) is 19.1. The van der Waals surface area contributed by atoms with Crippen LogP contribution in [0.2, 0.25) is 0 Å². The third kappa shape index (κ3) is 3.28. The maximum Gasteiger partial charge on any atom is 0.0833 e. The fraction of sp³-hybridized carbons (Fsp3) is 0.846. The molecule has 0 spiro atoms. The summed E-state index contributed by atoms with van der Waals surface area (Å²) in [6.45, 7) is 5.54. The fourth-order valence-corrected chi connectivity index (χ4v) is 2.82. The molecule has 0 aliphatic heterocycles. The van der Waals surface area contributed by atoms with Crippen LogP contribution >= 0.6 is 0 Å². The number of hydrogen-bond acceptors (Lipinski definition) is 3. The monoisotopic (exact) mass is 236 g/mol. The number of aryl methyl sites for hydroxylation is 1. The first-order chi connectivity index (χ1) is 8.10. The van der Waals surface area contributed by atoms with Crippen LogP contribution in [-0.4, -0.2) is 27.6 Å². The fourth-order valence-electron chi connectivity index (χ4n) is 2.82. The first kappa shape index (κ1) is 12.6. The minimum Gasteiger partial charge on any atom is -0.314 e. The van der Waals surface area contributed by atoms with Gasteiger partial charge in [0.15, 0.2) is 0 Å². The molecule has 1 heterocycles. The van der Waals surface area contributed by atoms with E-state index in [1.54, 1.807) is 4.68 Å². The van der Waals surface area contributed by atoms with Gasteiger partial charge in [-0.15, -0.1) is 5.10 Å². The summed E-state index contributed by atoms with van der Waals surface area (Å²) in [5.74, 6) is 0. The van der Waals surface area contributed by atoms with Crippen LogP contribution in [-0.2, 0) is 13.5 Å². The molecular formula is C13H24N4. The van der Waals surface area contributed by atoms with Gasteiger partial charge in [0, 0.05) is 25.8 Å². The molecular weight excluding hydrogens is 212 g/mol. The van der Waals surface area contributed by atoms with E-state index < -0.39 is 0 Å². The van der Waals surface area contributed by atoms with Gasteiger partial charge < -0.3 is 5.32 Å². The van der Waals surface area contributed by atoms with Gasteiger partial charge in [0.25, 0.3) is 0 Å². The Morgan fingerprint density at radius 2 is 2.12 bits per heavy atom. The molecule has 4 heteroatoms. The van der Waals surface area contributed by atoms with E-state index in [1.165, 1.54) is 25.7 Å². The molecule has 1 aliphatic rings. The Hall–Kier alpha value is -0.900. The van der Waals surface area contributed by atoms with Crippen LogP contribution in [0.15, 0.2) is 6.20 Å². The van der Waals surface area contributed by atoms with Gasteiger partial charge in [-0.3, -0.25) is 4.68 Å². The summed E-state index contributed by atoms with van der Waals surface area (Å²) in [5.41, 5.74) is 1.56. The van der Waals surface area contributed by atoms with Crippen molar-refractivity contribution in [2.24, 2.45) is 12.5 Å². The lowest BCUT2D eigenvalue weighted by atomic mass is 9.81. The Kier molecular flexibility index (Phi) is 3.82. The average Bonchev–Trinajstić information content (AvgIpc) is 2.87. The van der Waals surface area contributed by atoms with Crippen LogP contribution in [0.4, 0.5) is 0 Å². The SMILES string of the molecule is CC(C)NCC1(Cc2cn(C)nn2)CCCC1. The zero-order valence-corrected chi connectivity index (χ0v) is 11.2. The van der Waals surface area contributed by atoms with Crippen LogP contribution in [0.3, 0.4) is 0 Å². The number of aromatic nitrogens is 3. The van der Waals surface area contributed by atoms with Crippen molar-refractivity contribution in [3.05, 3.63) is 11.9 Å². The van der Waals surface area contributed by atoms with E-state index in [0.29, 0.717) is 11.5 Å². The lowest BCUT2D eigenvalue weighted by Crippen LogP contribution is -2.37. The predicted molar refractivity (Wildman–Crippen MR) is 68.7 cm³/mol. The second kappa shape index (κ2) is 5.17. The summed E-state index contributed by atoms with van der Waals surface area (Å²) in [6, 6.07) is 0.564. The van der Waals surface area contributed by atoms with E-state index in [9.17, 15) is 0 Å². The third-order valence-electron chi connectivity index (χ3n) is 3.76. The zero-order valence-electron chi connectivity index (χ0n) is 11.2. The Morgan fingerprint density at radius 1 is 1.41 bits per heavy atom. The van der Waals surface area contributed by atoms with Gasteiger partial charge in [0.1, 0.15) is 0 Å². The standard InChI is InChI=1S/C13H24N4/c1-11(2)14-10-13(6-4-5-7-13)8-12-9-17(3)16-15-12/h9,11,14H,4-8,10H2,1-3H3. The van der Waals surface area contributed by atoms with Gasteiger partial charge in [-0.1, -0.05) is 31.9 Å². The van der Waals surface area contributed by atoms with Crippen molar-refractivity contribution in [2.75, 3.05) is 6.54 Å². The molecule has 0 saturated heterocycles. The number of hydrogen-bond donors (Lipinski definition) is 1. The Balaban J connectivity index is 2.01. The molecule has 1 aromatic heterocycles. The van der Waals surface area contributed by atoms with E-state index in [-0.39, 0.29) is 0 Å². The maximum atomic E-state index is 4.24. The predicted octanol–water partition coefficient (Wildman–Crippen LogP) is 1.92. The van der Waals surface area contributed by atoms with Gasteiger partial charge in [0.05, 0.1) is 5.69 Å². The molecule has 0 radical (unpaired) electrons. The molecule has 1 aliphatic carbocycles. The molecule has 1 aromatic rings. The second-order valence-corrected chi connectivity index (χ2v) is 5.80. The Morgan fingerprint density at radius 3 is 2.65 bits per heavy atom. The van der Waals surface area contributed by atoms with Crippen LogP contribution in [0.5, 0.6) is 0 Å². The van der Waals surface area contributed by atoms with E-state index in [0.717, 1.165) is 18.7 Å². The molecule has 17 heavy (non-hydrogen) atoms. The van der Waals surface area contributed by atoms with E-state index in [4.69, 9.17) is 0 Å².